The van der Waals surface area contributed by atoms with Gasteiger partial charge >= 0.3 is 5.69 Å². The van der Waals surface area contributed by atoms with Gasteiger partial charge in [0.1, 0.15) is 11.5 Å². The first-order chi connectivity index (χ1) is 15.2. The van der Waals surface area contributed by atoms with Crippen LogP contribution in [0.15, 0.2) is 33.9 Å². The Labute approximate surface area is 185 Å². The van der Waals surface area contributed by atoms with E-state index in [1.54, 1.807) is 19.2 Å². The number of nitro groups is 1. The highest BCUT2D eigenvalue weighted by Gasteiger charge is 2.20. The van der Waals surface area contributed by atoms with E-state index in [0.717, 1.165) is 30.6 Å². The van der Waals surface area contributed by atoms with Crippen molar-refractivity contribution in [1.82, 2.24) is 14.0 Å². The van der Waals surface area contributed by atoms with E-state index in [9.17, 15) is 24.5 Å². The Morgan fingerprint density at radius 1 is 1.09 bits per heavy atom. The second-order valence-electron chi connectivity index (χ2n) is 7.90. The summed E-state index contributed by atoms with van der Waals surface area (Å²) in [7, 11) is 3.13. The Balaban J connectivity index is 1.51. The molecule has 2 heterocycles. The number of rotatable bonds is 8. The summed E-state index contributed by atoms with van der Waals surface area (Å²) in [5.74, 6) is 0.412. The third-order valence-corrected chi connectivity index (χ3v) is 5.76. The molecule has 0 amide bonds. The molecule has 1 aliphatic heterocycles. The third-order valence-electron chi connectivity index (χ3n) is 5.76. The highest BCUT2D eigenvalue weighted by molar-refractivity contribution is 5.95. The van der Waals surface area contributed by atoms with Crippen LogP contribution in [0, 0.1) is 10.1 Å². The van der Waals surface area contributed by atoms with E-state index in [2.05, 4.69) is 10.2 Å². The van der Waals surface area contributed by atoms with Gasteiger partial charge in [0.2, 0.25) is 0 Å². The molecule has 32 heavy (non-hydrogen) atoms. The minimum atomic E-state index is -0.488. The topological polar surface area (TPSA) is 123 Å². The molecule has 0 aliphatic carbocycles. The molecule has 11 nitrogen and oxygen atoms in total. The van der Waals surface area contributed by atoms with Gasteiger partial charge in [-0.3, -0.25) is 33.7 Å². The fourth-order valence-electron chi connectivity index (χ4n) is 3.80. The molecule has 1 fully saturated rings. The number of nitrogens with one attached hydrogen (secondary N) is 1. The van der Waals surface area contributed by atoms with Gasteiger partial charge in [-0.1, -0.05) is 0 Å². The van der Waals surface area contributed by atoms with Gasteiger partial charge in [-0.2, -0.15) is 0 Å². The molecule has 0 saturated carbocycles. The number of carbonyl (C=O) groups excluding carboxylic acids is 1. The summed E-state index contributed by atoms with van der Waals surface area (Å²) >= 11 is 0. The van der Waals surface area contributed by atoms with Crippen LogP contribution in [0.1, 0.15) is 23.7 Å². The van der Waals surface area contributed by atoms with E-state index in [0.29, 0.717) is 36.7 Å². The van der Waals surface area contributed by atoms with Gasteiger partial charge in [0, 0.05) is 64.5 Å². The summed E-state index contributed by atoms with van der Waals surface area (Å²) in [6.07, 6.45) is 0.788. The predicted molar refractivity (Wildman–Crippen MR) is 122 cm³/mol. The highest BCUT2D eigenvalue weighted by atomic mass is 16.6. The number of hydrogen-bond donors (Lipinski definition) is 1. The van der Waals surface area contributed by atoms with Crippen molar-refractivity contribution in [2.45, 2.75) is 13.3 Å². The molecule has 0 radical (unpaired) electrons. The molecule has 1 N–H and O–H groups in total. The summed E-state index contributed by atoms with van der Waals surface area (Å²) in [6, 6.07) is 5.95. The summed E-state index contributed by atoms with van der Waals surface area (Å²) in [5.41, 5.74) is -0.0512. The van der Waals surface area contributed by atoms with E-state index >= 15 is 0 Å². The van der Waals surface area contributed by atoms with Crippen molar-refractivity contribution >= 4 is 23.0 Å². The molecule has 11 heteroatoms. The number of nitro benzene ring substituents is 1. The quantitative estimate of drug-likeness (QED) is 0.275. The molecule has 1 aliphatic rings. The second-order valence-corrected chi connectivity index (χ2v) is 7.90. The van der Waals surface area contributed by atoms with Crippen LogP contribution in [0.25, 0.3) is 0 Å². The fourth-order valence-corrected chi connectivity index (χ4v) is 3.80. The minimum absolute atomic E-state index is 0.106. The maximum absolute atomic E-state index is 12.1. The number of Topliss-reactive ketones (excluding diaryl/α,β-unsaturated/α-hetero) is 1. The largest absolute Gasteiger partial charge is 0.379 e. The van der Waals surface area contributed by atoms with Crippen LogP contribution in [0.3, 0.4) is 0 Å². The molecule has 172 valence electrons. The monoisotopic (exact) mass is 444 g/mol. The Hall–Kier alpha value is -3.47. The molecule has 0 atom stereocenters. The van der Waals surface area contributed by atoms with E-state index in [4.69, 9.17) is 0 Å². The number of ketones is 1. The van der Waals surface area contributed by atoms with E-state index in [1.165, 1.54) is 30.7 Å². The van der Waals surface area contributed by atoms with Crippen LogP contribution in [0.4, 0.5) is 17.2 Å². The minimum Gasteiger partial charge on any atom is -0.379 e. The first-order valence-electron chi connectivity index (χ1n) is 10.5. The van der Waals surface area contributed by atoms with Gasteiger partial charge in [-0.25, -0.2) is 4.79 Å². The van der Waals surface area contributed by atoms with E-state index < -0.39 is 4.92 Å². The van der Waals surface area contributed by atoms with Crippen molar-refractivity contribution in [3.05, 3.63) is 60.8 Å². The molecular formula is C21H28N6O5. The molecule has 1 saturated heterocycles. The first-order valence-corrected chi connectivity index (χ1v) is 10.5. The maximum atomic E-state index is 12.1. The number of carbonyl (C=O) groups is 1. The van der Waals surface area contributed by atoms with Gasteiger partial charge in [-0.05, 0) is 32.0 Å². The van der Waals surface area contributed by atoms with Crippen LogP contribution >= 0.6 is 0 Å². The number of hydrogen-bond acceptors (Lipinski definition) is 8. The molecule has 0 unspecified atom stereocenters. The van der Waals surface area contributed by atoms with Crippen LogP contribution < -0.4 is 21.5 Å². The van der Waals surface area contributed by atoms with Gasteiger partial charge < -0.3 is 10.2 Å². The lowest BCUT2D eigenvalue weighted by atomic mass is 10.1. The lowest BCUT2D eigenvalue weighted by Gasteiger charge is -2.36. The van der Waals surface area contributed by atoms with E-state index in [1.807, 2.05) is 4.90 Å². The molecule has 1 aromatic carbocycles. The number of anilines is 2. The summed E-state index contributed by atoms with van der Waals surface area (Å²) in [5, 5.41) is 14.4. The smallest absolute Gasteiger partial charge is 0.332 e. The van der Waals surface area contributed by atoms with Gasteiger partial charge in [0.25, 0.3) is 11.2 Å². The summed E-state index contributed by atoms with van der Waals surface area (Å²) < 4.78 is 2.58. The Kier molecular flexibility index (Phi) is 7.08. The van der Waals surface area contributed by atoms with Crippen LogP contribution in [-0.2, 0) is 14.1 Å². The Bertz CT molecular complexity index is 1130. The Morgan fingerprint density at radius 3 is 2.41 bits per heavy atom. The lowest BCUT2D eigenvalue weighted by molar-refractivity contribution is -0.384. The third kappa shape index (κ3) is 5.05. The molecule has 3 rings (SSSR count). The predicted octanol–water partition coefficient (Wildman–Crippen LogP) is 0.819. The standard InChI is InChI=1S/C21H28N6O5/c1-15(28)16-5-6-17(18(13-16)27(31)32)22-7-4-8-25-9-11-26(12-10-25)19-14-20(29)24(3)21(30)23(19)2/h5-6,13-14,22H,4,7-12H2,1-3H3. The van der Waals surface area contributed by atoms with Crippen LogP contribution in [-0.4, -0.2) is 64.0 Å². The molecule has 1 aromatic heterocycles. The molecule has 2 aromatic rings. The number of aromatic nitrogens is 2. The zero-order valence-corrected chi connectivity index (χ0v) is 18.5. The summed E-state index contributed by atoms with van der Waals surface area (Å²) in [6.45, 7) is 5.73. The first kappa shape index (κ1) is 23.2. The van der Waals surface area contributed by atoms with Crippen LogP contribution in [0.5, 0.6) is 0 Å². The molecular weight excluding hydrogens is 416 g/mol. The van der Waals surface area contributed by atoms with Gasteiger partial charge in [0.05, 0.1) is 4.92 Å². The van der Waals surface area contributed by atoms with Crippen molar-refractivity contribution in [3.8, 4) is 0 Å². The molecule has 0 bridgehead atoms. The van der Waals surface area contributed by atoms with Crippen molar-refractivity contribution < 1.29 is 9.72 Å². The maximum Gasteiger partial charge on any atom is 0.332 e. The zero-order valence-electron chi connectivity index (χ0n) is 18.5. The fraction of sp³-hybridized carbons (Fsp3) is 0.476. The van der Waals surface area contributed by atoms with Gasteiger partial charge in [0.15, 0.2) is 5.78 Å². The van der Waals surface area contributed by atoms with Gasteiger partial charge in [-0.15, -0.1) is 0 Å². The number of nitrogens with zero attached hydrogens (tertiary/aromatic N) is 5. The molecule has 0 spiro atoms. The van der Waals surface area contributed by atoms with Crippen molar-refractivity contribution in [1.29, 1.82) is 0 Å². The van der Waals surface area contributed by atoms with Crippen LogP contribution in [0.2, 0.25) is 0 Å². The summed E-state index contributed by atoms with van der Waals surface area (Å²) in [4.78, 5) is 50.7. The van der Waals surface area contributed by atoms with Crippen molar-refractivity contribution in [2.75, 3.05) is 49.5 Å². The average Bonchev–Trinajstić information content (AvgIpc) is 2.78. The Morgan fingerprint density at radius 2 is 1.78 bits per heavy atom. The lowest BCUT2D eigenvalue weighted by Crippen LogP contribution is -2.49. The average molecular weight is 444 g/mol. The number of piperazine rings is 1. The zero-order chi connectivity index (χ0) is 23.4. The SMILES string of the molecule is CC(=O)c1ccc(NCCCN2CCN(c3cc(=O)n(C)c(=O)n3C)CC2)c([N+](=O)[O-])c1. The highest BCUT2D eigenvalue weighted by Crippen LogP contribution is 2.25. The normalized spacial score (nSPS) is 14.4. The van der Waals surface area contributed by atoms with Crippen molar-refractivity contribution in [3.63, 3.8) is 0 Å². The van der Waals surface area contributed by atoms with Crippen molar-refractivity contribution in [2.24, 2.45) is 14.1 Å². The number of benzene rings is 1. The second kappa shape index (κ2) is 9.77. The van der Waals surface area contributed by atoms with E-state index in [-0.39, 0.29) is 22.7 Å².